The lowest BCUT2D eigenvalue weighted by Gasteiger charge is -2.36. The molecule has 27 heavy (non-hydrogen) atoms. The number of morpholine rings is 1. The summed E-state index contributed by atoms with van der Waals surface area (Å²) >= 11 is 1.55. The molecule has 0 radical (unpaired) electrons. The van der Waals surface area contributed by atoms with Crippen molar-refractivity contribution in [2.45, 2.75) is 0 Å². The molecule has 1 amide bonds. The molecule has 0 unspecified atom stereocenters. The van der Waals surface area contributed by atoms with Crippen LogP contribution < -0.4 is 14.5 Å². The minimum atomic E-state index is 0.0100. The molecule has 0 spiro atoms. The Morgan fingerprint density at radius 2 is 1.85 bits per heavy atom. The number of carbonyl (C=O) groups excluding carboxylic acids is 1. The van der Waals surface area contributed by atoms with E-state index in [9.17, 15) is 4.79 Å². The van der Waals surface area contributed by atoms with E-state index in [0.29, 0.717) is 32.0 Å². The third kappa shape index (κ3) is 4.01. The second-order valence-electron chi connectivity index (χ2n) is 6.60. The van der Waals surface area contributed by atoms with E-state index in [-0.39, 0.29) is 5.91 Å². The molecule has 2 aliphatic heterocycles. The van der Waals surface area contributed by atoms with Crippen LogP contribution in [0.25, 0.3) is 0 Å². The number of carbonyl (C=O) groups is 1. The summed E-state index contributed by atoms with van der Waals surface area (Å²) in [5.74, 6) is 0.886. The number of piperazine rings is 1. The molecule has 8 heteroatoms. The highest BCUT2D eigenvalue weighted by atomic mass is 32.1. The minimum Gasteiger partial charge on any atom is -0.497 e. The van der Waals surface area contributed by atoms with Crippen LogP contribution in [0.1, 0.15) is 10.5 Å². The lowest BCUT2D eigenvalue weighted by molar-refractivity contribution is 0.0299. The molecule has 2 fully saturated rings. The van der Waals surface area contributed by atoms with E-state index in [1.807, 2.05) is 22.4 Å². The molecule has 0 N–H and O–H groups in total. The molecule has 1 aromatic carbocycles. The van der Waals surface area contributed by atoms with Crippen molar-refractivity contribution in [3.05, 3.63) is 35.3 Å². The van der Waals surface area contributed by atoms with E-state index in [4.69, 9.17) is 9.47 Å². The first-order chi connectivity index (χ1) is 13.2. The zero-order valence-corrected chi connectivity index (χ0v) is 16.3. The van der Waals surface area contributed by atoms with Crippen LogP contribution in [0.5, 0.6) is 5.75 Å². The van der Waals surface area contributed by atoms with E-state index in [1.165, 1.54) is 5.69 Å². The van der Waals surface area contributed by atoms with Crippen molar-refractivity contribution in [1.29, 1.82) is 0 Å². The Balaban J connectivity index is 1.37. The summed E-state index contributed by atoms with van der Waals surface area (Å²) in [6.45, 7) is 6.10. The standard InChI is InChI=1S/C19H24N4O3S/c1-25-16-4-2-3-15(13-16)21-5-7-23(8-6-21)19-20-17(14-27-19)18(24)22-9-11-26-12-10-22/h2-4,13-14H,5-12H2,1H3. The van der Waals surface area contributed by atoms with Crippen LogP contribution >= 0.6 is 11.3 Å². The minimum absolute atomic E-state index is 0.0100. The van der Waals surface area contributed by atoms with Gasteiger partial charge in [-0.2, -0.15) is 0 Å². The number of ether oxygens (including phenoxy) is 2. The molecule has 4 rings (SSSR count). The summed E-state index contributed by atoms with van der Waals surface area (Å²) in [6, 6.07) is 8.16. The van der Waals surface area contributed by atoms with Crippen molar-refractivity contribution in [2.75, 3.05) is 69.4 Å². The average molecular weight is 388 g/mol. The fourth-order valence-corrected chi connectivity index (χ4v) is 4.25. The highest BCUT2D eigenvalue weighted by Gasteiger charge is 2.24. The van der Waals surface area contributed by atoms with Gasteiger partial charge in [0.1, 0.15) is 11.4 Å². The van der Waals surface area contributed by atoms with Crippen LogP contribution in [-0.4, -0.2) is 75.4 Å². The Morgan fingerprint density at radius 3 is 2.59 bits per heavy atom. The molecule has 0 saturated carbocycles. The maximum absolute atomic E-state index is 12.6. The van der Waals surface area contributed by atoms with Gasteiger partial charge < -0.3 is 24.2 Å². The number of nitrogens with zero attached hydrogens (tertiary/aromatic N) is 4. The van der Waals surface area contributed by atoms with Crippen LogP contribution in [-0.2, 0) is 4.74 Å². The van der Waals surface area contributed by atoms with Crippen LogP contribution in [0.2, 0.25) is 0 Å². The van der Waals surface area contributed by atoms with E-state index >= 15 is 0 Å². The molecule has 7 nitrogen and oxygen atoms in total. The smallest absolute Gasteiger partial charge is 0.273 e. The normalized spacial score (nSPS) is 17.9. The van der Waals surface area contributed by atoms with Crippen molar-refractivity contribution in [3.8, 4) is 5.75 Å². The van der Waals surface area contributed by atoms with Gasteiger partial charge in [-0.1, -0.05) is 6.07 Å². The Morgan fingerprint density at radius 1 is 1.11 bits per heavy atom. The Hall–Kier alpha value is -2.32. The number of methoxy groups -OCH3 is 1. The molecule has 2 aliphatic rings. The maximum atomic E-state index is 12.6. The largest absolute Gasteiger partial charge is 0.497 e. The molecular weight excluding hydrogens is 364 g/mol. The molecule has 2 saturated heterocycles. The van der Waals surface area contributed by atoms with Gasteiger partial charge in [-0.3, -0.25) is 4.79 Å². The van der Waals surface area contributed by atoms with Crippen molar-refractivity contribution >= 4 is 28.1 Å². The van der Waals surface area contributed by atoms with Gasteiger partial charge in [0, 0.05) is 56.4 Å². The highest BCUT2D eigenvalue weighted by molar-refractivity contribution is 7.13. The number of rotatable bonds is 4. The van der Waals surface area contributed by atoms with Gasteiger partial charge in [-0.25, -0.2) is 4.98 Å². The lowest BCUT2D eigenvalue weighted by Crippen LogP contribution is -2.46. The van der Waals surface area contributed by atoms with E-state index in [1.54, 1.807) is 18.4 Å². The quantitative estimate of drug-likeness (QED) is 0.798. The maximum Gasteiger partial charge on any atom is 0.273 e. The summed E-state index contributed by atoms with van der Waals surface area (Å²) in [4.78, 5) is 23.6. The molecule has 0 atom stereocenters. The summed E-state index contributed by atoms with van der Waals surface area (Å²) in [7, 11) is 1.69. The van der Waals surface area contributed by atoms with Crippen molar-refractivity contribution in [3.63, 3.8) is 0 Å². The van der Waals surface area contributed by atoms with Crippen LogP contribution in [0.3, 0.4) is 0 Å². The molecular formula is C19H24N4O3S. The second kappa shape index (κ2) is 8.14. The van der Waals surface area contributed by atoms with Crippen molar-refractivity contribution < 1.29 is 14.3 Å². The Bertz CT molecular complexity index is 783. The van der Waals surface area contributed by atoms with Gasteiger partial charge in [0.15, 0.2) is 5.13 Å². The fourth-order valence-electron chi connectivity index (χ4n) is 3.40. The molecule has 0 aliphatic carbocycles. The number of hydrogen-bond acceptors (Lipinski definition) is 7. The second-order valence-corrected chi connectivity index (χ2v) is 7.43. The van der Waals surface area contributed by atoms with Gasteiger partial charge in [0.05, 0.1) is 20.3 Å². The van der Waals surface area contributed by atoms with Gasteiger partial charge in [0.2, 0.25) is 0 Å². The van der Waals surface area contributed by atoms with Crippen LogP contribution in [0.15, 0.2) is 29.6 Å². The third-order valence-corrected chi connectivity index (χ3v) is 5.88. The number of aromatic nitrogens is 1. The van der Waals surface area contributed by atoms with E-state index in [2.05, 4.69) is 26.9 Å². The molecule has 2 aromatic rings. The number of amides is 1. The summed E-state index contributed by atoms with van der Waals surface area (Å²) in [5.41, 5.74) is 1.73. The zero-order chi connectivity index (χ0) is 18.6. The first-order valence-electron chi connectivity index (χ1n) is 9.21. The predicted molar refractivity (Wildman–Crippen MR) is 106 cm³/mol. The van der Waals surface area contributed by atoms with Crippen molar-refractivity contribution in [1.82, 2.24) is 9.88 Å². The van der Waals surface area contributed by atoms with Crippen LogP contribution in [0, 0.1) is 0 Å². The monoisotopic (exact) mass is 388 g/mol. The van der Waals surface area contributed by atoms with Crippen molar-refractivity contribution in [2.24, 2.45) is 0 Å². The van der Waals surface area contributed by atoms with Gasteiger partial charge in [-0.05, 0) is 12.1 Å². The average Bonchev–Trinajstić information content (AvgIpc) is 3.24. The number of benzene rings is 1. The topological polar surface area (TPSA) is 58.1 Å². The molecule has 144 valence electrons. The van der Waals surface area contributed by atoms with Gasteiger partial charge >= 0.3 is 0 Å². The van der Waals surface area contributed by atoms with Crippen LogP contribution in [0.4, 0.5) is 10.8 Å². The number of thiazole rings is 1. The third-order valence-electron chi connectivity index (χ3n) is 4.98. The lowest BCUT2D eigenvalue weighted by atomic mass is 10.2. The molecule has 0 bridgehead atoms. The number of hydrogen-bond donors (Lipinski definition) is 0. The SMILES string of the molecule is COc1cccc(N2CCN(c3nc(C(=O)N4CCOCC4)cs3)CC2)c1. The van der Waals surface area contributed by atoms with E-state index < -0.39 is 0 Å². The summed E-state index contributed by atoms with van der Waals surface area (Å²) in [6.07, 6.45) is 0. The van der Waals surface area contributed by atoms with Gasteiger partial charge in [-0.15, -0.1) is 11.3 Å². The molecule has 1 aromatic heterocycles. The predicted octanol–water partition coefficient (Wildman–Crippen LogP) is 1.95. The first kappa shape index (κ1) is 18.1. The summed E-state index contributed by atoms with van der Waals surface area (Å²) in [5, 5.41) is 2.80. The zero-order valence-electron chi connectivity index (χ0n) is 15.5. The summed E-state index contributed by atoms with van der Waals surface area (Å²) < 4.78 is 10.6. The Kier molecular flexibility index (Phi) is 5.45. The first-order valence-corrected chi connectivity index (χ1v) is 10.1. The number of anilines is 2. The van der Waals surface area contributed by atoms with E-state index in [0.717, 1.165) is 37.1 Å². The van der Waals surface area contributed by atoms with Gasteiger partial charge in [0.25, 0.3) is 5.91 Å². The highest BCUT2D eigenvalue weighted by Crippen LogP contribution is 2.26. The fraction of sp³-hybridized carbons (Fsp3) is 0.474. The molecule has 3 heterocycles. The Labute approximate surface area is 163 Å².